The molecule has 0 radical (unpaired) electrons. The summed E-state index contributed by atoms with van der Waals surface area (Å²) in [4.78, 5) is 15.8. The van der Waals surface area contributed by atoms with Crippen molar-refractivity contribution in [3.63, 3.8) is 0 Å². The van der Waals surface area contributed by atoms with E-state index in [1.54, 1.807) is 18.2 Å². The number of halogens is 1. The Morgan fingerprint density at radius 2 is 2.16 bits per heavy atom. The van der Waals surface area contributed by atoms with E-state index in [-0.39, 0.29) is 24.0 Å². The van der Waals surface area contributed by atoms with Gasteiger partial charge in [0.2, 0.25) is 0 Å². The first-order valence-electron chi connectivity index (χ1n) is 5.64. The molecule has 4 N–H and O–H groups in total. The summed E-state index contributed by atoms with van der Waals surface area (Å²) < 4.78 is 13.0. The van der Waals surface area contributed by atoms with Gasteiger partial charge in [0.15, 0.2) is 0 Å². The highest BCUT2D eigenvalue weighted by Gasteiger charge is 2.07. The quantitative estimate of drug-likeness (QED) is 0.574. The fourth-order valence-corrected chi connectivity index (χ4v) is 1.56. The van der Waals surface area contributed by atoms with E-state index in [1.165, 1.54) is 24.4 Å². The minimum absolute atomic E-state index is 0.235. The third-order valence-electron chi connectivity index (χ3n) is 2.50. The van der Waals surface area contributed by atoms with Crippen LogP contribution in [0.15, 0.2) is 42.6 Å². The molecule has 1 aromatic heterocycles. The lowest BCUT2D eigenvalue weighted by molar-refractivity contribution is 0.0946. The Balaban J connectivity index is 2.01. The van der Waals surface area contributed by atoms with Gasteiger partial charge in [0.25, 0.3) is 5.91 Å². The number of nitrogens with zero attached hydrogens (tertiary/aromatic N) is 1. The molecule has 0 unspecified atom stereocenters. The molecule has 0 aliphatic heterocycles. The summed E-state index contributed by atoms with van der Waals surface area (Å²) in [6.45, 7) is 0.235. The van der Waals surface area contributed by atoms with Gasteiger partial charge in [-0.2, -0.15) is 0 Å². The van der Waals surface area contributed by atoms with Crippen molar-refractivity contribution in [2.45, 2.75) is 6.54 Å². The predicted molar refractivity (Wildman–Crippen MR) is 69.6 cm³/mol. The number of hydrogen-bond acceptors (Lipinski definition) is 4. The molecule has 2 aromatic rings. The molecule has 0 saturated carbocycles. The van der Waals surface area contributed by atoms with Crippen LogP contribution in [-0.4, -0.2) is 10.9 Å². The van der Waals surface area contributed by atoms with Gasteiger partial charge in [-0.3, -0.25) is 15.6 Å². The first-order valence-corrected chi connectivity index (χ1v) is 5.64. The molecular formula is C13H13FN4O. The summed E-state index contributed by atoms with van der Waals surface area (Å²) in [5.41, 5.74) is 3.95. The number of nitrogens with one attached hydrogen (secondary N) is 2. The maximum atomic E-state index is 13.0. The first kappa shape index (κ1) is 13.0. The van der Waals surface area contributed by atoms with Crippen molar-refractivity contribution >= 4 is 11.6 Å². The normalized spacial score (nSPS) is 10.0. The first-order chi connectivity index (χ1) is 9.19. The van der Waals surface area contributed by atoms with Gasteiger partial charge in [-0.05, 0) is 29.8 Å². The molecule has 0 aliphatic carbocycles. The van der Waals surface area contributed by atoms with Crippen molar-refractivity contribution in [2.75, 3.05) is 5.43 Å². The Morgan fingerprint density at radius 3 is 2.89 bits per heavy atom. The van der Waals surface area contributed by atoms with E-state index in [1.807, 2.05) is 0 Å². The van der Waals surface area contributed by atoms with Gasteiger partial charge < -0.3 is 10.7 Å². The number of hydrogen-bond donors (Lipinski definition) is 3. The number of amides is 1. The van der Waals surface area contributed by atoms with E-state index in [4.69, 9.17) is 5.84 Å². The van der Waals surface area contributed by atoms with E-state index in [9.17, 15) is 9.18 Å². The summed E-state index contributed by atoms with van der Waals surface area (Å²) in [6, 6.07) is 9.21. The Morgan fingerprint density at radius 1 is 1.32 bits per heavy atom. The highest BCUT2D eigenvalue weighted by atomic mass is 19.1. The van der Waals surface area contributed by atoms with Gasteiger partial charge in [0.1, 0.15) is 11.5 Å². The van der Waals surface area contributed by atoms with Crippen LogP contribution in [0.1, 0.15) is 16.1 Å². The largest absolute Gasteiger partial charge is 0.347 e. The molecule has 0 aliphatic rings. The Labute approximate surface area is 109 Å². The van der Waals surface area contributed by atoms with Gasteiger partial charge in [0, 0.05) is 12.7 Å². The number of pyridine rings is 1. The number of benzene rings is 1. The van der Waals surface area contributed by atoms with E-state index in [0.717, 1.165) is 0 Å². The lowest BCUT2D eigenvalue weighted by Gasteiger charge is -2.06. The maximum Gasteiger partial charge on any atom is 0.270 e. The number of aromatic nitrogens is 1. The molecule has 0 fully saturated rings. The molecule has 98 valence electrons. The molecule has 5 nitrogen and oxygen atoms in total. The summed E-state index contributed by atoms with van der Waals surface area (Å²) in [5, 5.41) is 2.66. The molecule has 0 atom stereocenters. The van der Waals surface area contributed by atoms with Crippen LogP contribution in [0.5, 0.6) is 0 Å². The highest BCUT2D eigenvalue weighted by molar-refractivity contribution is 5.93. The van der Waals surface area contributed by atoms with Crippen LogP contribution in [0.2, 0.25) is 0 Å². The average molecular weight is 260 g/mol. The van der Waals surface area contributed by atoms with Gasteiger partial charge >= 0.3 is 0 Å². The fraction of sp³-hybridized carbons (Fsp3) is 0.0769. The topological polar surface area (TPSA) is 80.0 Å². The Hall–Kier alpha value is -2.47. The van der Waals surface area contributed by atoms with E-state index >= 15 is 0 Å². The van der Waals surface area contributed by atoms with Crippen LogP contribution < -0.4 is 16.6 Å². The summed E-state index contributed by atoms with van der Waals surface area (Å²) in [7, 11) is 0. The van der Waals surface area contributed by atoms with Crippen molar-refractivity contribution < 1.29 is 9.18 Å². The number of nitrogens with two attached hydrogens (primary N) is 1. The Bertz CT molecular complexity index is 588. The van der Waals surface area contributed by atoms with Crippen molar-refractivity contribution in [1.82, 2.24) is 10.3 Å². The third kappa shape index (κ3) is 3.49. The second kappa shape index (κ2) is 5.92. The van der Waals surface area contributed by atoms with Crippen molar-refractivity contribution in [1.29, 1.82) is 0 Å². The molecule has 1 aromatic carbocycles. The van der Waals surface area contributed by atoms with Gasteiger partial charge in [-0.25, -0.2) is 4.39 Å². The molecular weight excluding hydrogens is 247 g/mol. The second-order valence-electron chi connectivity index (χ2n) is 3.89. The maximum absolute atomic E-state index is 13.0. The van der Waals surface area contributed by atoms with Crippen LogP contribution in [0.3, 0.4) is 0 Å². The minimum Gasteiger partial charge on any atom is -0.347 e. The van der Waals surface area contributed by atoms with Gasteiger partial charge in [-0.1, -0.05) is 12.1 Å². The summed E-state index contributed by atoms with van der Waals surface area (Å²) in [5.74, 6) is 4.57. The second-order valence-corrected chi connectivity index (χ2v) is 3.89. The van der Waals surface area contributed by atoms with Crippen LogP contribution in [0, 0.1) is 5.82 Å². The van der Waals surface area contributed by atoms with E-state index < -0.39 is 0 Å². The SMILES string of the molecule is NNc1ccnc(C(=O)NCc2cccc(F)c2)c1. The highest BCUT2D eigenvalue weighted by Crippen LogP contribution is 2.07. The molecule has 2 rings (SSSR count). The van der Waals surface area contributed by atoms with Crippen molar-refractivity contribution in [3.8, 4) is 0 Å². The molecule has 0 saturated heterocycles. The minimum atomic E-state index is -0.346. The number of hydrazine groups is 1. The van der Waals surface area contributed by atoms with Crippen LogP contribution in [-0.2, 0) is 6.54 Å². The molecule has 19 heavy (non-hydrogen) atoms. The lowest BCUT2D eigenvalue weighted by atomic mass is 10.2. The summed E-state index contributed by atoms with van der Waals surface area (Å²) >= 11 is 0. The molecule has 6 heteroatoms. The zero-order valence-electron chi connectivity index (χ0n) is 10.1. The number of anilines is 1. The standard InChI is InChI=1S/C13H13FN4O/c14-10-3-1-2-9(6-10)8-17-13(19)12-7-11(18-15)4-5-16-12/h1-7H,8,15H2,(H,16,18)(H,17,19). The smallest absolute Gasteiger partial charge is 0.270 e. The van der Waals surface area contributed by atoms with E-state index in [0.29, 0.717) is 11.3 Å². The van der Waals surface area contributed by atoms with Gasteiger partial charge in [0.05, 0.1) is 5.69 Å². The van der Waals surface area contributed by atoms with Crippen LogP contribution in [0.25, 0.3) is 0 Å². The summed E-state index contributed by atoms with van der Waals surface area (Å²) in [6.07, 6.45) is 1.48. The number of rotatable bonds is 4. The van der Waals surface area contributed by atoms with Crippen LogP contribution >= 0.6 is 0 Å². The van der Waals surface area contributed by atoms with E-state index in [2.05, 4.69) is 15.7 Å². The fourth-order valence-electron chi connectivity index (χ4n) is 1.56. The monoisotopic (exact) mass is 260 g/mol. The molecule has 1 heterocycles. The lowest BCUT2D eigenvalue weighted by Crippen LogP contribution is -2.24. The van der Waals surface area contributed by atoms with Gasteiger partial charge in [-0.15, -0.1) is 0 Å². The molecule has 0 spiro atoms. The molecule has 1 amide bonds. The zero-order chi connectivity index (χ0) is 13.7. The average Bonchev–Trinajstić information content (AvgIpc) is 2.45. The number of carbonyl (C=O) groups excluding carboxylic acids is 1. The van der Waals surface area contributed by atoms with Crippen molar-refractivity contribution in [2.24, 2.45) is 5.84 Å². The number of carbonyl (C=O) groups is 1. The molecule has 0 bridgehead atoms. The van der Waals surface area contributed by atoms with Crippen molar-refractivity contribution in [3.05, 3.63) is 59.7 Å². The zero-order valence-corrected chi connectivity index (χ0v) is 10.1. The Kier molecular flexibility index (Phi) is 4.04. The third-order valence-corrected chi connectivity index (χ3v) is 2.50. The number of nitrogen functional groups attached to an aromatic ring is 1. The van der Waals surface area contributed by atoms with Crippen LogP contribution in [0.4, 0.5) is 10.1 Å². The predicted octanol–water partition coefficient (Wildman–Crippen LogP) is 1.44.